The van der Waals surface area contributed by atoms with Gasteiger partial charge in [-0.05, 0) is 30.9 Å². The molecule has 0 spiro atoms. The van der Waals surface area contributed by atoms with Gasteiger partial charge in [0.25, 0.3) is 0 Å². The fraction of sp³-hybridized carbons (Fsp3) is 0.429. The lowest BCUT2D eigenvalue weighted by atomic mass is 10.1. The third kappa shape index (κ3) is 4.86. The molecule has 0 unspecified atom stereocenters. The van der Waals surface area contributed by atoms with Gasteiger partial charge in [0.1, 0.15) is 0 Å². The van der Waals surface area contributed by atoms with E-state index in [9.17, 15) is 0 Å². The van der Waals surface area contributed by atoms with E-state index in [4.69, 9.17) is 0 Å². The van der Waals surface area contributed by atoms with Gasteiger partial charge in [-0.3, -0.25) is 0 Å². The first-order valence-corrected chi connectivity index (χ1v) is 6.89. The average molecular weight is 235 g/mol. The quantitative estimate of drug-likeness (QED) is 0.779. The molecule has 0 saturated heterocycles. The lowest BCUT2D eigenvalue weighted by molar-refractivity contribution is 0.623. The SMILES string of the molecule is CSc1ccc(C=C(C)CNC(C)C)cc1. The molecule has 0 atom stereocenters. The number of thioether (sulfide) groups is 1. The number of nitrogens with one attached hydrogen (secondary N) is 1. The molecule has 1 aromatic carbocycles. The molecule has 0 aromatic heterocycles. The summed E-state index contributed by atoms with van der Waals surface area (Å²) in [6.45, 7) is 7.46. The van der Waals surface area contributed by atoms with Gasteiger partial charge in [-0.25, -0.2) is 0 Å². The second-order valence-electron chi connectivity index (χ2n) is 4.30. The molecule has 0 bridgehead atoms. The van der Waals surface area contributed by atoms with Crippen molar-refractivity contribution in [2.75, 3.05) is 12.8 Å². The largest absolute Gasteiger partial charge is 0.311 e. The van der Waals surface area contributed by atoms with E-state index in [1.54, 1.807) is 11.8 Å². The minimum absolute atomic E-state index is 0.544. The molecule has 0 aliphatic rings. The molecule has 1 nitrogen and oxygen atoms in total. The first-order valence-electron chi connectivity index (χ1n) is 5.66. The summed E-state index contributed by atoms with van der Waals surface area (Å²) in [7, 11) is 0. The van der Waals surface area contributed by atoms with Crippen molar-refractivity contribution >= 4 is 17.8 Å². The molecular formula is C14H21NS. The zero-order valence-corrected chi connectivity index (χ0v) is 11.4. The zero-order valence-electron chi connectivity index (χ0n) is 10.6. The van der Waals surface area contributed by atoms with E-state index in [1.807, 2.05) is 0 Å². The van der Waals surface area contributed by atoms with Crippen LogP contribution in [0.2, 0.25) is 0 Å². The Labute approximate surface area is 103 Å². The van der Waals surface area contributed by atoms with Crippen molar-refractivity contribution in [3.8, 4) is 0 Å². The van der Waals surface area contributed by atoms with Gasteiger partial charge >= 0.3 is 0 Å². The fourth-order valence-electron chi connectivity index (χ4n) is 1.40. The predicted octanol–water partition coefficient (Wildman–Crippen LogP) is 3.81. The molecule has 0 amide bonds. The number of rotatable bonds is 5. The lowest BCUT2D eigenvalue weighted by Gasteiger charge is -2.08. The molecule has 0 aliphatic heterocycles. The van der Waals surface area contributed by atoms with E-state index in [0.717, 1.165) is 6.54 Å². The number of benzene rings is 1. The maximum atomic E-state index is 3.42. The Kier molecular flexibility index (Phi) is 5.64. The molecule has 16 heavy (non-hydrogen) atoms. The molecule has 1 N–H and O–H groups in total. The van der Waals surface area contributed by atoms with Crippen LogP contribution in [0, 0.1) is 0 Å². The minimum Gasteiger partial charge on any atom is -0.311 e. The number of hydrogen-bond acceptors (Lipinski definition) is 2. The topological polar surface area (TPSA) is 12.0 Å². The Balaban J connectivity index is 2.59. The third-order valence-electron chi connectivity index (χ3n) is 2.32. The molecule has 88 valence electrons. The van der Waals surface area contributed by atoms with Crippen molar-refractivity contribution in [3.63, 3.8) is 0 Å². The normalized spacial score (nSPS) is 12.2. The summed E-state index contributed by atoms with van der Waals surface area (Å²) >= 11 is 1.78. The van der Waals surface area contributed by atoms with Crippen LogP contribution < -0.4 is 5.32 Å². The smallest absolute Gasteiger partial charge is 0.0167 e. The summed E-state index contributed by atoms with van der Waals surface area (Å²) in [5, 5.41) is 3.42. The van der Waals surface area contributed by atoms with Gasteiger partial charge in [0, 0.05) is 17.5 Å². The van der Waals surface area contributed by atoms with Gasteiger partial charge in [-0.2, -0.15) is 0 Å². The fourth-order valence-corrected chi connectivity index (χ4v) is 1.81. The molecule has 0 aliphatic carbocycles. The standard InChI is InChI=1S/C14H21NS/c1-11(2)15-10-12(3)9-13-5-7-14(16-4)8-6-13/h5-9,11,15H,10H2,1-4H3. The van der Waals surface area contributed by atoms with Crippen LogP contribution in [0.3, 0.4) is 0 Å². The van der Waals surface area contributed by atoms with E-state index in [1.165, 1.54) is 16.0 Å². The summed E-state index contributed by atoms with van der Waals surface area (Å²) in [6, 6.07) is 9.22. The second kappa shape index (κ2) is 6.77. The Hall–Kier alpha value is -0.730. The highest BCUT2D eigenvalue weighted by molar-refractivity contribution is 7.98. The Morgan fingerprint density at radius 3 is 2.44 bits per heavy atom. The summed E-state index contributed by atoms with van der Waals surface area (Å²) in [4.78, 5) is 1.31. The van der Waals surface area contributed by atoms with E-state index < -0.39 is 0 Å². The van der Waals surface area contributed by atoms with Crippen LogP contribution in [-0.4, -0.2) is 18.8 Å². The summed E-state index contributed by atoms with van der Waals surface area (Å²) in [6.07, 6.45) is 4.34. The Morgan fingerprint density at radius 1 is 1.31 bits per heavy atom. The van der Waals surface area contributed by atoms with E-state index >= 15 is 0 Å². The van der Waals surface area contributed by atoms with Crippen molar-refractivity contribution in [3.05, 3.63) is 35.4 Å². The summed E-state index contributed by atoms with van der Waals surface area (Å²) < 4.78 is 0. The molecule has 0 heterocycles. The van der Waals surface area contributed by atoms with Crippen LogP contribution in [0.1, 0.15) is 26.3 Å². The Bertz CT molecular complexity index is 338. The highest BCUT2D eigenvalue weighted by Crippen LogP contribution is 2.16. The summed E-state index contributed by atoms with van der Waals surface area (Å²) in [5.41, 5.74) is 2.64. The van der Waals surface area contributed by atoms with Crippen LogP contribution in [-0.2, 0) is 0 Å². The first-order chi connectivity index (χ1) is 7.61. The van der Waals surface area contributed by atoms with Crippen LogP contribution in [0.5, 0.6) is 0 Å². The Morgan fingerprint density at radius 2 is 1.94 bits per heavy atom. The highest BCUT2D eigenvalue weighted by Gasteiger charge is 1.95. The summed E-state index contributed by atoms with van der Waals surface area (Å²) in [5.74, 6) is 0. The van der Waals surface area contributed by atoms with Gasteiger partial charge in [0.05, 0.1) is 0 Å². The van der Waals surface area contributed by atoms with Crippen molar-refractivity contribution in [2.45, 2.75) is 31.7 Å². The van der Waals surface area contributed by atoms with Gasteiger partial charge < -0.3 is 5.32 Å². The van der Waals surface area contributed by atoms with Crippen molar-refractivity contribution in [2.24, 2.45) is 0 Å². The van der Waals surface area contributed by atoms with Gasteiger partial charge in [0.2, 0.25) is 0 Å². The van der Waals surface area contributed by atoms with Crippen molar-refractivity contribution in [1.29, 1.82) is 0 Å². The first kappa shape index (κ1) is 13.3. The van der Waals surface area contributed by atoms with Gasteiger partial charge in [-0.15, -0.1) is 11.8 Å². The maximum Gasteiger partial charge on any atom is 0.0167 e. The molecule has 1 rings (SSSR count). The van der Waals surface area contributed by atoms with Crippen LogP contribution >= 0.6 is 11.8 Å². The number of hydrogen-bond donors (Lipinski definition) is 1. The van der Waals surface area contributed by atoms with Gasteiger partial charge in [0.15, 0.2) is 0 Å². The third-order valence-corrected chi connectivity index (χ3v) is 3.06. The van der Waals surface area contributed by atoms with Crippen LogP contribution in [0.15, 0.2) is 34.7 Å². The molecule has 1 aromatic rings. The minimum atomic E-state index is 0.544. The molecule has 0 fully saturated rings. The molecular weight excluding hydrogens is 214 g/mol. The molecule has 0 radical (unpaired) electrons. The molecule has 2 heteroatoms. The monoisotopic (exact) mass is 235 g/mol. The van der Waals surface area contributed by atoms with Crippen molar-refractivity contribution < 1.29 is 0 Å². The van der Waals surface area contributed by atoms with Gasteiger partial charge in [-0.1, -0.05) is 37.6 Å². The van der Waals surface area contributed by atoms with Crippen LogP contribution in [0.25, 0.3) is 6.08 Å². The van der Waals surface area contributed by atoms with E-state index in [0.29, 0.717) is 6.04 Å². The predicted molar refractivity (Wildman–Crippen MR) is 75.0 cm³/mol. The maximum absolute atomic E-state index is 3.42. The zero-order chi connectivity index (χ0) is 12.0. The average Bonchev–Trinajstić information content (AvgIpc) is 2.27. The van der Waals surface area contributed by atoms with Crippen LogP contribution in [0.4, 0.5) is 0 Å². The van der Waals surface area contributed by atoms with E-state index in [-0.39, 0.29) is 0 Å². The highest BCUT2D eigenvalue weighted by atomic mass is 32.2. The lowest BCUT2D eigenvalue weighted by Crippen LogP contribution is -2.24. The second-order valence-corrected chi connectivity index (χ2v) is 5.18. The van der Waals surface area contributed by atoms with Crippen molar-refractivity contribution in [1.82, 2.24) is 5.32 Å². The van der Waals surface area contributed by atoms with E-state index in [2.05, 4.69) is 62.7 Å². The molecule has 0 saturated carbocycles.